The molecule has 3 heteroatoms. The summed E-state index contributed by atoms with van der Waals surface area (Å²) in [6.45, 7) is 8.69. The van der Waals surface area contributed by atoms with Crippen molar-refractivity contribution in [3.05, 3.63) is 64.0 Å². The molecule has 1 aromatic heterocycles. The Labute approximate surface area is 120 Å². The van der Waals surface area contributed by atoms with Crippen LogP contribution in [0.25, 0.3) is 0 Å². The van der Waals surface area contributed by atoms with E-state index in [9.17, 15) is 4.79 Å². The summed E-state index contributed by atoms with van der Waals surface area (Å²) in [5.74, 6) is -0.0862. The molecule has 0 atom stereocenters. The second-order valence-corrected chi connectivity index (χ2v) is 5.25. The molecule has 0 aliphatic rings. The maximum Gasteiger partial charge on any atom is 0.253 e. The Morgan fingerprint density at radius 1 is 1.10 bits per heavy atom. The highest BCUT2D eigenvalue weighted by atomic mass is 16.1. The number of aromatic nitrogens is 1. The number of hydrogen-bond donors (Lipinski definition) is 1. The van der Waals surface area contributed by atoms with Gasteiger partial charge in [-0.3, -0.25) is 9.78 Å². The predicted molar refractivity (Wildman–Crippen MR) is 80.8 cm³/mol. The Bertz CT molecular complexity index is 607. The molecule has 1 N–H and O–H groups in total. The van der Waals surface area contributed by atoms with Crippen LogP contribution in [0.5, 0.6) is 0 Å². The lowest BCUT2D eigenvalue weighted by atomic mass is 10.00. The third kappa shape index (κ3) is 3.23. The van der Waals surface area contributed by atoms with Gasteiger partial charge in [-0.25, -0.2) is 0 Å². The van der Waals surface area contributed by atoms with Crippen LogP contribution < -0.4 is 5.32 Å². The molecule has 104 valence electrons. The van der Waals surface area contributed by atoms with Gasteiger partial charge >= 0.3 is 0 Å². The molecule has 0 saturated carbocycles. The highest BCUT2D eigenvalue weighted by Crippen LogP contribution is 2.16. The molecule has 0 aliphatic carbocycles. The molecular formula is C17H20N2O. The van der Waals surface area contributed by atoms with E-state index in [4.69, 9.17) is 0 Å². The molecule has 1 aromatic carbocycles. The highest BCUT2D eigenvalue weighted by molar-refractivity contribution is 5.93. The molecule has 2 aromatic rings. The average Bonchev–Trinajstić information content (AvgIpc) is 2.38. The SMILES string of the molecule is Cc1cc(C)c(CNC(=O)c2ccc(C)nc2)c(C)c1. The lowest BCUT2D eigenvalue weighted by Gasteiger charge is -2.12. The van der Waals surface area contributed by atoms with Gasteiger partial charge in [0.15, 0.2) is 0 Å². The summed E-state index contributed by atoms with van der Waals surface area (Å²) in [6.07, 6.45) is 1.61. The summed E-state index contributed by atoms with van der Waals surface area (Å²) in [5.41, 5.74) is 6.36. The van der Waals surface area contributed by atoms with Crippen molar-refractivity contribution in [2.45, 2.75) is 34.2 Å². The molecule has 0 saturated heterocycles. The summed E-state index contributed by atoms with van der Waals surface area (Å²) in [4.78, 5) is 16.2. The monoisotopic (exact) mass is 268 g/mol. The van der Waals surface area contributed by atoms with Crippen LogP contribution in [0.1, 0.15) is 38.3 Å². The number of nitrogens with one attached hydrogen (secondary N) is 1. The molecule has 3 nitrogen and oxygen atoms in total. The number of carbonyl (C=O) groups excluding carboxylic acids is 1. The number of hydrogen-bond acceptors (Lipinski definition) is 2. The summed E-state index contributed by atoms with van der Waals surface area (Å²) < 4.78 is 0. The quantitative estimate of drug-likeness (QED) is 0.928. The summed E-state index contributed by atoms with van der Waals surface area (Å²) >= 11 is 0. The molecule has 20 heavy (non-hydrogen) atoms. The van der Waals surface area contributed by atoms with Crippen LogP contribution in [-0.2, 0) is 6.54 Å². The Hall–Kier alpha value is -2.16. The van der Waals surface area contributed by atoms with Gasteiger partial charge in [0.2, 0.25) is 0 Å². The number of carbonyl (C=O) groups is 1. The minimum absolute atomic E-state index is 0.0862. The zero-order valence-electron chi connectivity index (χ0n) is 12.4. The minimum Gasteiger partial charge on any atom is -0.348 e. The molecule has 0 bridgehead atoms. The van der Waals surface area contributed by atoms with Crippen molar-refractivity contribution in [3.8, 4) is 0 Å². The Morgan fingerprint density at radius 3 is 2.30 bits per heavy atom. The van der Waals surface area contributed by atoms with Crippen molar-refractivity contribution in [2.75, 3.05) is 0 Å². The Balaban J connectivity index is 2.09. The van der Waals surface area contributed by atoms with Gasteiger partial charge in [-0.2, -0.15) is 0 Å². The van der Waals surface area contributed by atoms with Crippen molar-refractivity contribution in [1.82, 2.24) is 10.3 Å². The Kier molecular flexibility index (Phi) is 4.18. The van der Waals surface area contributed by atoms with Crippen LogP contribution in [0.2, 0.25) is 0 Å². The largest absolute Gasteiger partial charge is 0.348 e. The van der Waals surface area contributed by atoms with Crippen LogP contribution in [0.15, 0.2) is 30.5 Å². The number of nitrogens with zero attached hydrogens (tertiary/aromatic N) is 1. The lowest BCUT2D eigenvalue weighted by Crippen LogP contribution is -2.23. The van der Waals surface area contributed by atoms with Gasteiger partial charge in [0, 0.05) is 18.4 Å². The van der Waals surface area contributed by atoms with Crippen LogP contribution in [0.3, 0.4) is 0 Å². The van der Waals surface area contributed by atoms with Gasteiger partial charge in [-0.15, -0.1) is 0 Å². The molecule has 0 spiro atoms. The van der Waals surface area contributed by atoms with Crippen LogP contribution >= 0.6 is 0 Å². The van der Waals surface area contributed by atoms with Crippen LogP contribution in [0.4, 0.5) is 0 Å². The first-order valence-electron chi connectivity index (χ1n) is 6.75. The average molecular weight is 268 g/mol. The second-order valence-electron chi connectivity index (χ2n) is 5.25. The number of benzene rings is 1. The number of aryl methyl sites for hydroxylation is 4. The molecule has 0 unspecified atom stereocenters. The van der Waals surface area contributed by atoms with Gasteiger partial charge in [-0.1, -0.05) is 17.7 Å². The van der Waals surface area contributed by atoms with Crippen molar-refractivity contribution < 1.29 is 4.79 Å². The van der Waals surface area contributed by atoms with Crippen molar-refractivity contribution in [3.63, 3.8) is 0 Å². The van der Waals surface area contributed by atoms with E-state index in [-0.39, 0.29) is 5.91 Å². The maximum atomic E-state index is 12.1. The van der Waals surface area contributed by atoms with Crippen molar-refractivity contribution >= 4 is 5.91 Å². The fourth-order valence-corrected chi connectivity index (χ4v) is 2.36. The van der Waals surface area contributed by atoms with E-state index in [0.717, 1.165) is 5.69 Å². The Morgan fingerprint density at radius 2 is 1.75 bits per heavy atom. The van der Waals surface area contributed by atoms with E-state index in [2.05, 4.69) is 43.2 Å². The highest BCUT2D eigenvalue weighted by Gasteiger charge is 2.08. The summed E-state index contributed by atoms with van der Waals surface area (Å²) in [7, 11) is 0. The number of pyridine rings is 1. The zero-order valence-corrected chi connectivity index (χ0v) is 12.4. The van der Waals surface area contributed by atoms with Gasteiger partial charge in [0.25, 0.3) is 5.91 Å². The smallest absolute Gasteiger partial charge is 0.253 e. The first kappa shape index (κ1) is 14.3. The molecule has 2 rings (SSSR count). The van der Waals surface area contributed by atoms with Crippen molar-refractivity contribution in [2.24, 2.45) is 0 Å². The molecule has 0 radical (unpaired) electrons. The van der Waals surface area contributed by atoms with E-state index < -0.39 is 0 Å². The summed E-state index contributed by atoms with van der Waals surface area (Å²) in [6, 6.07) is 7.92. The number of amides is 1. The second kappa shape index (κ2) is 5.87. The predicted octanol–water partition coefficient (Wildman–Crippen LogP) is 3.25. The molecule has 0 aliphatic heterocycles. The molecule has 1 heterocycles. The van der Waals surface area contributed by atoms with Crippen LogP contribution in [0, 0.1) is 27.7 Å². The van der Waals surface area contributed by atoms with E-state index in [0.29, 0.717) is 12.1 Å². The third-order valence-corrected chi connectivity index (χ3v) is 3.44. The standard InChI is InChI=1S/C17H20N2O/c1-11-7-12(2)16(13(3)8-11)10-19-17(20)15-6-5-14(4)18-9-15/h5-9H,10H2,1-4H3,(H,19,20). The first-order chi connectivity index (χ1) is 9.47. The van der Waals surface area contributed by atoms with E-state index >= 15 is 0 Å². The number of rotatable bonds is 3. The first-order valence-corrected chi connectivity index (χ1v) is 6.75. The van der Waals surface area contributed by atoms with E-state index in [1.807, 2.05) is 13.0 Å². The third-order valence-electron chi connectivity index (χ3n) is 3.44. The fraction of sp³-hybridized carbons (Fsp3) is 0.294. The minimum atomic E-state index is -0.0862. The lowest BCUT2D eigenvalue weighted by molar-refractivity contribution is 0.0950. The maximum absolute atomic E-state index is 12.1. The van der Waals surface area contributed by atoms with E-state index in [1.54, 1.807) is 12.3 Å². The summed E-state index contributed by atoms with van der Waals surface area (Å²) in [5, 5.41) is 2.96. The zero-order chi connectivity index (χ0) is 14.7. The molecular weight excluding hydrogens is 248 g/mol. The van der Waals surface area contributed by atoms with Crippen molar-refractivity contribution in [1.29, 1.82) is 0 Å². The topological polar surface area (TPSA) is 42.0 Å². The fourth-order valence-electron chi connectivity index (χ4n) is 2.36. The molecule has 0 fully saturated rings. The normalized spacial score (nSPS) is 10.4. The van der Waals surface area contributed by atoms with E-state index in [1.165, 1.54) is 22.3 Å². The van der Waals surface area contributed by atoms with Gasteiger partial charge in [-0.05, 0) is 56.5 Å². The van der Waals surface area contributed by atoms with Gasteiger partial charge in [0.1, 0.15) is 0 Å². The van der Waals surface area contributed by atoms with Gasteiger partial charge < -0.3 is 5.32 Å². The van der Waals surface area contributed by atoms with Crippen LogP contribution in [-0.4, -0.2) is 10.9 Å². The van der Waals surface area contributed by atoms with Gasteiger partial charge in [0.05, 0.1) is 5.56 Å². The molecule has 1 amide bonds.